The van der Waals surface area contributed by atoms with E-state index in [1.165, 1.54) is 0 Å². The molecule has 0 bridgehead atoms. The summed E-state index contributed by atoms with van der Waals surface area (Å²) in [5.74, 6) is 0.734. The van der Waals surface area contributed by atoms with Crippen molar-refractivity contribution in [1.82, 2.24) is 20.1 Å². The second kappa shape index (κ2) is 7.04. The van der Waals surface area contributed by atoms with Gasteiger partial charge in [0, 0.05) is 34.4 Å². The van der Waals surface area contributed by atoms with Gasteiger partial charge in [-0.25, -0.2) is 4.98 Å². The molecule has 7 nitrogen and oxygen atoms in total. The number of aromatic nitrogens is 3. The number of H-pyrrole nitrogens is 1. The Morgan fingerprint density at radius 2 is 2.09 bits per heavy atom. The van der Waals surface area contributed by atoms with Crippen LogP contribution in [0.1, 0.15) is 21.7 Å². The van der Waals surface area contributed by atoms with Gasteiger partial charge in [-0.15, -0.1) is 0 Å². The number of ether oxygens (including phenoxy) is 1. The zero-order chi connectivity index (χ0) is 16.1. The molecule has 0 atom stereocenters. The lowest BCUT2D eigenvalue weighted by atomic mass is 10.2. The number of hydrogen-bond acceptors (Lipinski definition) is 5. The second-order valence-corrected chi connectivity index (χ2v) is 5.28. The average molecular weight is 303 g/mol. The molecule has 2 aromatic heterocycles. The Morgan fingerprint density at radius 3 is 2.68 bits per heavy atom. The standard InChI is InChI=1S/C15H21N5O2/c1-19(2)14-6-5-11(8-16-14)15(21)20(3)9-12-7-13(10-22-4)18-17-12/h5-8H,9-10H2,1-4H3,(H,17,18). The topological polar surface area (TPSA) is 74.3 Å². The summed E-state index contributed by atoms with van der Waals surface area (Å²) in [6.45, 7) is 0.898. The maximum Gasteiger partial charge on any atom is 0.255 e. The summed E-state index contributed by atoms with van der Waals surface area (Å²) < 4.78 is 5.02. The van der Waals surface area contributed by atoms with Crippen LogP contribution >= 0.6 is 0 Å². The van der Waals surface area contributed by atoms with E-state index in [1.54, 1.807) is 31.3 Å². The van der Waals surface area contributed by atoms with Crippen LogP contribution in [-0.4, -0.2) is 54.2 Å². The van der Waals surface area contributed by atoms with Gasteiger partial charge in [-0.05, 0) is 18.2 Å². The number of amides is 1. The van der Waals surface area contributed by atoms with Gasteiger partial charge in [-0.3, -0.25) is 9.89 Å². The van der Waals surface area contributed by atoms with E-state index >= 15 is 0 Å². The van der Waals surface area contributed by atoms with Crippen LogP contribution in [0.2, 0.25) is 0 Å². The van der Waals surface area contributed by atoms with Crippen LogP contribution in [0.4, 0.5) is 5.82 Å². The first-order chi connectivity index (χ1) is 10.5. The number of methoxy groups -OCH3 is 1. The van der Waals surface area contributed by atoms with Crippen molar-refractivity contribution in [2.24, 2.45) is 0 Å². The predicted octanol–water partition coefficient (Wildman–Crippen LogP) is 1.29. The molecule has 0 aromatic carbocycles. The molecule has 22 heavy (non-hydrogen) atoms. The Labute approximate surface area is 129 Å². The van der Waals surface area contributed by atoms with Gasteiger partial charge >= 0.3 is 0 Å². The molecule has 1 amide bonds. The molecule has 7 heteroatoms. The number of carbonyl (C=O) groups excluding carboxylic acids is 1. The summed E-state index contributed by atoms with van der Waals surface area (Å²) >= 11 is 0. The van der Waals surface area contributed by atoms with E-state index in [-0.39, 0.29) is 5.91 Å². The number of anilines is 1. The lowest BCUT2D eigenvalue weighted by Crippen LogP contribution is -2.26. The first-order valence-corrected chi connectivity index (χ1v) is 6.92. The largest absolute Gasteiger partial charge is 0.378 e. The minimum Gasteiger partial charge on any atom is -0.378 e. The maximum atomic E-state index is 12.4. The van der Waals surface area contributed by atoms with E-state index in [9.17, 15) is 4.79 Å². The van der Waals surface area contributed by atoms with Crippen molar-refractivity contribution in [1.29, 1.82) is 0 Å². The van der Waals surface area contributed by atoms with Crippen molar-refractivity contribution >= 4 is 11.7 Å². The Morgan fingerprint density at radius 1 is 1.32 bits per heavy atom. The summed E-state index contributed by atoms with van der Waals surface area (Å²) in [4.78, 5) is 20.1. The van der Waals surface area contributed by atoms with E-state index in [2.05, 4.69) is 15.2 Å². The van der Waals surface area contributed by atoms with Crippen molar-refractivity contribution in [3.8, 4) is 0 Å². The monoisotopic (exact) mass is 303 g/mol. The summed E-state index contributed by atoms with van der Waals surface area (Å²) in [6.07, 6.45) is 1.59. The van der Waals surface area contributed by atoms with E-state index in [1.807, 2.05) is 31.1 Å². The van der Waals surface area contributed by atoms with Crippen molar-refractivity contribution in [3.63, 3.8) is 0 Å². The highest BCUT2D eigenvalue weighted by Crippen LogP contribution is 2.11. The third-order valence-electron chi connectivity index (χ3n) is 3.18. The highest BCUT2D eigenvalue weighted by atomic mass is 16.5. The lowest BCUT2D eigenvalue weighted by molar-refractivity contribution is 0.0783. The van der Waals surface area contributed by atoms with E-state index in [0.29, 0.717) is 18.7 Å². The number of carbonyl (C=O) groups is 1. The van der Waals surface area contributed by atoms with Crippen molar-refractivity contribution in [2.75, 3.05) is 33.2 Å². The van der Waals surface area contributed by atoms with Crippen molar-refractivity contribution in [2.45, 2.75) is 13.2 Å². The van der Waals surface area contributed by atoms with Gasteiger partial charge < -0.3 is 14.5 Å². The number of hydrogen-bond donors (Lipinski definition) is 1. The fourth-order valence-electron chi connectivity index (χ4n) is 2.04. The Bertz CT molecular complexity index is 621. The number of pyridine rings is 1. The molecular weight excluding hydrogens is 282 g/mol. The molecule has 0 aliphatic heterocycles. The summed E-state index contributed by atoms with van der Waals surface area (Å²) in [6, 6.07) is 5.50. The molecule has 0 radical (unpaired) electrons. The molecule has 0 saturated carbocycles. The molecule has 0 saturated heterocycles. The number of nitrogens with one attached hydrogen (secondary N) is 1. The fourth-order valence-corrected chi connectivity index (χ4v) is 2.04. The predicted molar refractivity (Wildman–Crippen MR) is 83.7 cm³/mol. The zero-order valence-electron chi connectivity index (χ0n) is 13.3. The lowest BCUT2D eigenvalue weighted by Gasteiger charge is -2.17. The van der Waals surface area contributed by atoms with Crippen molar-refractivity contribution < 1.29 is 9.53 Å². The minimum atomic E-state index is -0.0827. The maximum absolute atomic E-state index is 12.4. The van der Waals surface area contributed by atoms with Crippen molar-refractivity contribution in [3.05, 3.63) is 41.3 Å². The first-order valence-electron chi connectivity index (χ1n) is 6.92. The molecule has 118 valence electrons. The van der Waals surface area contributed by atoms with E-state index < -0.39 is 0 Å². The van der Waals surface area contributed by atoms with Crippen LogP contribution in [-0.2, 0) is 17.9 Å². The van der Waals surface area contributed by atoms with Gasteiger partial charge in [-0.1, -0.05) is 0 Å². The number of rotatable bonds is 6. The summed E-state index contributed by atoms with van der Waals surface area (Å²) in [5.41, 5.74) is 2.24. The molecule has 0 unspecified atom stereocenters. The van der Waals surface area contributed by atoms with Gasteiger partial charge in [0.15, 0.2) is 0 Å². The van der Waals surface area contributed by atoms with Crippen LogP contribution in [0.25, 0.3) is 0 Å². The van der Waals surface area contributed by atoms with Gasteiger partial charge in [0.1, 0.15) is 5.82 Å². The smallest absolute Gasteiger partial charge is 0.255 e. The zero-order valence-corrected chi connectivity index (χ0v) is 13.3. The molecule has 2 rings (SSSR count). The van der Waals surface area contributed by atoms with Gasteiger partial charge in [-0.2, -0.15) is 5.10 Å². The third-order valence-corrected chi connectivity index (χ3v) is 3.18. The molecule has 0 fully saturated rings. The molecule has 1 N–H and O–H groups in total. The normalized spacial score (nSPS) is 10.5. The highest BCUT2D eigenvalue weighted by Gasteiger charge is 2.14. The summed E-state index contributed by atoms with van der Waals surface area (Å²) in [5, 5.41) is 7.02. The SMILES string of the molecule is COCc1cc(CN(C)C(=O)c2ccc(N(C)C)nc2)[nH]n1. The van der Waals surface area contributed by atoms with E-state index in [0.717, 1.165) is 17.2 Å². The molecule has 0 spiro atoms. The van der Waals surface area contributed by atoms with Crippen LogP contribution < -0.4 is 4.90 Å². The molecule has 2 heterocycles. The van der Waals surface area contributed by atoms with Crippen LogP contribution in [0.3, 0.4) is 0 Å². The molecular formula is C15H21N5O2. The van der Waals surface area contributed by atoms with E-state index in [4.69, 9.17) is 4.74 Å². The third kappa shape index (κ3) is 3.82. The minimum absolute atomic E-state index is 0.0827. The molecule has 2 aromatic rings. The molecule has 0 aliphatic rings. The number of nitrogens with zero attached hydrogens (tertiary/aromatic N) is 4. The Kier molecular flexibility index (Phi) is 5.11. The fraction of sp³-hybridized carbons (Fsp3) is 0.400. The molecule has 0 aliphatic carbocycles. The number of aromatic amines is 1. The Hall–Kier alpha value is -2.41. The van der Waals surface area contributed by atoms with Crippen LogP contribution in [0.5, 0.6) is 0 Å². The van der Waals surface area contributed by atoms with Crippen LogP contribution in [0, 0.1) is 0 Å². The van der Waals surface area contributed by atoms with Crippen LogP contribution in [0.15, 0.2) is 24.4 Å². The average Bonchev–Trinajstić information content (AvgIpc) is 2.94. The summed E-state index contributed by atoms with van der Waals surface area (Å²) in [7, 11) is 7.19. The Balaban J connectivity index is 2.01. The van der Waals surface area contributed by atoms with Gasteiger partial charge in [0.25, 0.3) is 5.91 Å². The van der Waals surface area contributed by atoms with Gasteiger partial charge in [0.2, 0.25) is 0 Å². The first kappa shape index (κ1) is 16.0. The quantitative estimate of drug-likeness (QED) is 0.870. The highest BCUT2D eigenvalue weighted by molar-refractivity contribution is 5.93. The van der Waals surface area contributed by atoms with Gasteiger partial charge in [0.05, 0.1) is 30.1 Å². The second-order valence-electron chi connectivity index (χ2n) is 5.28.